The zero-order valence-electron chi connectivity index (χ0n) is 14.9. The molecule has 0 radical (unpaired) electrons. The summed E-state index contributed by atoms with van der Waals surface area (Å²) < 4.78 is 0.935. The minimum atomic E-state index is 0.0415. The molecule has 2 rings (SSSR count). The van der Waals surface area contributed by atoms with Crippen LogP contribution in [0.1, 0.15) is 50.8 Å². The molecule has 0 spiro atoms. The SMILES string of the molecule is CCc1ccc(NC(=O)CCc2ccc(C(C)(C)C)cc2)c(Br)c1. The maximum absolute atomic E-state index is 12.2. The number of hydrogen-bond acceptors (Lipinski definition) is 1. The Morgan fingerprint density at radius 2 is 1.67 bits per heavy atom. The Morgan fingerprint density at radius 1 is 1.04 bits per heavy atom. The number of halogens is 1. The number of anilines is 1. The summed E-state index contributed by atoms with van der Waals surface area (Å²) in [5.41, 5.74) is 4.75. The molecular formula is C21H26BrNO. The molecule has 2 aromatic carbocycles. The quantitative estimate of drug-likeness (QED) is 0.681. The van der Waals surface area contributed by atoms with Crippen LogP contribution in [0.5, 0.6) is 0 Å². The third-order valence-corrected chi connectivity index (χ3v) is 4.83. The molecule has 0 aliphatic rings. The van der Waals surface area contributed by atoms with E-state index in [1.807, 2.05) is 12.1 Å². The van der Waals surface area contributed by atoms with E-state index < -0.39 is 0 Å². The average molecular weight is 388 g/mol. The normalized spacial score (nSPS) is 11.4. The van der Waals surface area contributed by atoms with Crippen LogP contribution in [-0.2, 0) is 23.1 Å². The third kappa shape index (κ3) is 5.20. The van der Waals surface area contributed by atoms with Gasteiger partial charge in [0.15, 0.2) is 0 Å². The fraction of sp³-hybridized carbons (Fsp3) is 0.381. The second-order valence-electron chi connectivity index (χ2n) is 7.16. The first-order valence-electron chi connectivity index (χ1n) is 8.47. The van der Waals surface area contributed by atoms with E-state index in [0.717, 1.165) is 23.0 Å². The first-order chi connectivity index (χ1) is 11.3. The molecule has 0 saturated carbocycles. The van der Waals surface area contributed by atoms with Gasteiger partial charge in [-0.1, -0.05) is 58.0 Å². The molecule has 0 atom stereocenters. The Balaban J connectivity index is 1.91. The van der Waals surface area contributed by atoms with Crippen LogP contribution in [0.25, 0.3) is 0 Å². The smallest absolute Gasteiger partial charge is 0.224 e. The van der Waals surface area contributed by atoms with Crippen LogP contribution in [0.3, 0.4) is 0 Å². The summed E-state index contributed by atoms with van der Waals surface area (Å²) in [7, 11) is 0. The van der Waals surface area contributed by atoms with E-state index in [0.29, 0.717) is 6.42 Å². The van der Waals surface area contributed by atoms with Gasteiger partial charge in [-0.2, -0.15) is 0 Å². The third-order valence-electron chi connectivity index (χ3n) is 4.18. The molecule has 1 N–H and O–H groups in total. The Hall–Kier alpha value is -1.61. The van der Waals surface area contributed by atoms with Gasteiger partial charge in [-0.05, 0) is 63.0 Å². The first kappa shape index (κ1) is 18.7. The lowest BCUT2D eigenvalue weighted by Gasteiger charge is -2.19. The molecule has 24 heavy (non-hydrogen) atoms. The molecule has 0 unspecified atom stereocenters. The van der Waals surface area contributed by atoms with Gasteiger partial charge in [-0.25, -0.2) is 0 Å². The van der Waals surface area contributed by atoms with Crippen molar-refractivity contribution in [1.82, 2.24) is 0 Å². The van der Waals surface area contributed by atoms with Crippen molar-refractivity contribution in [1.29, 1.82) is 0 Å². The summed E-state index contributed by atoms with van der Waals surface area (Å²) in [5, 5.41) is 2.98. The summed E-state index contributed by atoms with van der Waals surface area (Å²) in [6, 6.07) is 14.6. The van der Waals surface area contributed by atoms with Crippen molar-refractivity contribution in [2.75, 3.05) is 5.32 Å². The number of carbonyl (C=O) groups is 1. The zero-order chi connectivity index (χ0) is 17.7. The number of carbonyl (C=O) groups excluding carboxylic acids is 1. The molecule has 0 heterocycles. The minimum Gasteiger partial charge on any atom is -0.325 e. The van der Waals surface area contributed by atoms with Crippen molar-refractivity contribution in [2.24, 2.45) is 0 Å². The van der Waals surface area contributed by atoms with Gasteiger partial charge in [0.05, 0.1) is 5.69 Å². The number of nitrogens with one attached hydrogen (secondary N) is 1. The van der Waals surface area contributed by atoms with E-state index in [2.05, 4.69) is 79.3 Å². The second kappa shape index (κ2) is 7.98. The van der Waals surface area contributed by atoms with E-state index in [9.17, 15) is 4.79 Å². The molecule has 0 aliphatic heterocycles. The number of benzene rings is 2. The monoisotopic (exact) mass is 387 g/mol. The average Bonchev–Trinajstić information content (AvgIpc) is 2.54. The van der Waals surface area contributed by atoms with Crippen LogP contribution in [0.4, 0.5) is 5.69 Å². The minimum absolute atomic E-state index is 0.0415. The molecule has 128 valence electrons. The molecule has 0 fully saturated rings. The first-order valence-corrected chi connectivity index (χ1v) is 9.26. The fourth-order valence-electron chi connectivity index (χ4n) is 2.52. The molecule has 1 amide bonds. The topological polar surface area (TPSA) is 29.1 Å². The van der Waals surface area contributed by atoms with Crippen molar-refractivity contribution in [3.63, 3.8) is 0 Å². The Morgan fingerprint density at radius 3 is 2.21 bits per heavy atom. The number of rotatable bonds is 5. The van der Waals surface area contributed by atoms with Crippen LogP contribution in [0.15, 0.2) is 46.9 Å². The molecule has 2 aromatic rings. The maximum Gasteiger partial charge on any atom is 0.224 e. The highest BCUT2D eigenvalue weighted by Crippen LogP contribution is 2.25. The molecule has 0 saturated heterocycles. The van der Waals surface area contributed by atoms with Crippen molar-refractivity contribution in [2.45, 2.75) is 52.4 Å². The van der Waals surface area contributed by atoms with Gasteiger partial charge in [0.2, 0.25) is 5.91 Å². The van der Waals surface area contributed by atoms with Crippen LogP contribution in [-0.4, -0.2) is 5.91 Å². The highest BCUT2D eigenvalue weighted by molar-refractivity contribution is 9.10. The largest absolute Gasteiger partial charge is 0.325 e. The van der Waals surface area contributed by atoms with Crippen molar-refractivity contribution in [3.8, 4) is 0 Å². The lowest BCUT2D eigenvalue weighted by molar-refractivity contribution is -0.116. The molecule has 0 aliphatic carbocycles. The summed E-state index contributed by atoms with van der Waals surface area (Å²) >= 11 is 3.52. The highest BCUT2D eigenvalue weighted by Gasteiger charge is 2.13. The molecule has 0 bridgehead atoms. The molecule has 0 aromatic heterocycles. The number of hydrogen-bond donors (Lipinski definition) is 1. The Bertz CT molecular complexity index is 699. The lowest BCUT2D eigenvalue weighted by Crippen LogP contribution is -2.13. The summed E-state index contributed by atoms with van der Waals surface area (Å²) in [6.45, 7) is 8.73. The summed E-state index contributed by atoms with van der Waals surface area (Å²) in [6.07, 6.45) is 2.22. The van der Waals surface area contributed by atoms with Gasteiger partial charge in [0, 0.05) is 10.9 Å². The fourth-order valence-corrected chi connectivity index (χ4v) is 3.05. The van der Waals surface area contributed by atoms with E-state index in [1.54, 1.807) is 0 Å². The standard InChI is InChI=1S/C21H26BrNO/c1-5-15-8-12-19(18(22)14-15)23-20(24)13-9-16-6-10-17(11-7-16)21(2,3)4/h6-8,10-12,14H,5,9,13H2,1-4H3,(H,23,24). The number of aryl methyl sites for hydroxylation is 2. The Kier molecular flexibility index (Phi) is 6.22. The van der Waals surface area contributed by atoms with Crippen molar-refractivity contribution < 1.29 is 4.79 Å². The predicted octanol–water partition coefficient (Wildman–Crippen LogP) is 5.88. The Labute approximate surface area is 153 Å². The number of amides is 1. The predicted molar refractivity (Wildman–Crippen MR) is 106 cm³/mol. The maximum atomic E-state index is 12.2. The van der Waals surface area contributed by atoms with E-state index in [-0.39, 0.29) is 11.3 Å². The molecular weight excluding hydrogens is 362 g/mol. The zero-order valence-corrected chi connectivity index (χ0v) is 16.5. The van der Waals surface area contributed by atoms with Crippen LogP contribution < -0.4 is 5.32 Å². The summed E-state index contributed by atoms with van der Waals surface area (Å²) in [5.74, 6) is 0.0415. The van der Waals surface area contributed by atoms with E-state index in [4.69, 9.17) is 0 Å². The van der Waals surface area contributed by atoms with Gasteiger partial charge >= 0.3 is 0 Å². The lowest BCUT2D eigenvalue weighted by atomic mass is 9.86. The molecule has 2 nitrogen and oxygen atoms in total. The van der Waals surface area contributed by atoms with Crippen molar-refractivity contribution in [3.05, 3.63) is 63.6 Å². The van der Waals surface area contributed by atoms with E-state index in [1.165, 1.54) is 16.7 Å². The molecule has 3 heteroatoms. The van der Waals surface area contributed by atoms with Gasteiger partial charge in [-0.15, -0.1) is 0 Å². The van der Waals surface area contributed by atoms with Crippen molar-refractivity contribution >= 4 is 27.5 Å². The van der Waals surface area contributed by atoms with Gasteiger partial charge < -0.3 is 5.32 Å². The van der Waals surface area contributed by atoms with Gasteiger partial charge in [-0.3, -0.25) is 4.79 Å². The van der Waals surface area contributed by atoms with Gasteiger partial charge in [0.25, 0.3) is 0 Å². The van der Waals surface area contributed by atoms with E-state index >= 15 is 0 Å². The second-order valence-corrected chi connectivity index (χ2v) is 8.02. The van der Waals surface area contributed by atoms with Crippen LogP contribution in [0.2, 0.25) is 0 Å². The van der Waals surface area contributed by atoms with Gasteiger partial charge in [0.1, 0.15) is 0 Å². The van der Waals surface area contributed by atoms with Crippen LogP contribution in [0, 0.1) is 0 Å². The van der Waals surface area contributed by atoms with Crippen LogP contribution >= 0.6 is 15.9 Å². The highest BCUT2D eigenvalue weighted by atomic mass is 79.9. The summed E-state index contributed by atoms with van der Waals surface area (Å²) in [4.78, 5) is 12.2.